The van der Waals surface area contributed by atoms with E-state index in [9.17, 15) is 0 Å². The molecule has 3 heteroatoms. The Labute approximate surface area is 129 Å². The van der Waals surface area contributed by atoms with E-state index < -0.39 is 0 Å². The zero-order valence-electron chi connectivity index (χ0n) is 11.6. The largest absolute Gasteiger partial charge is 0.326 e. The fourth-order valence-electron chi connectivity index (χ4n) is 2.70. The Hall–Kier alpha value is 0.01000. The Balaban J connectivity index is 2.08. The molecule has 0 aromatic heterocycles. The monoisotopic (exact) mass is 341 g/mol. The van der Waals surface area contributed by atoms with E-state index in [4.69, 9.17) is 5.73 Å². The number of rotatable bonds is 5. The van der Waals surface area contributed by atoms with E-state index in [0.717, 1.165) is 16.1 Å². The molecule has 1 fully saturated rings. The smallest absolute Gasteiger partial charge is 0.0451 e. The third-order valence-corrected chi connectivity index (χ3v) is 6.25. The highest BCUT2D eigenvalue weighted by Crippen LogP contribution is 2.40. The second-order valence-corrected chi connectivity index (χ2v) is 7.80. The predicted molar refractivity (Wildman–Crippen MR) is 89.6 cm³/mol. The molecule has 1 aromatic rings. The van der Waals surface area contributed by atoms with Crippen molar-refractivity contribution < 1.29 is 0 Å². The highest BCUT2D eigenvalue weighted by Gasteiger charge is 2.24. The lowest BCUT2D eigenvalue weighted by Crippen LogP contribution is -2.27. The van der Waals surface area contributed by atoms with E-state index >= 15 is 0 Å². The van der Waals surface area contributed by atoms with Crippen LogP contribution in [0.3, 0.4) is 0 Å². The van der Waals surface area contributed by atoms with Gasteiger partial charge in [-0.1, -0.05) is 54.2 Å². The Morgan fingerprint density at radius 2 is 1.84 bits per heavy atom. The van der Waals surface area contributed by atoms with Crippen molar-refractivity contribution in [3.63, 3.8) is 0 Å². The van der Waals surface area contributed by atoms with Gasteiger partial charge in [0, 0.05) is 21.0 Å². The maximum absolute atomic E-state index is 6.37. The molecule has 0 amide bonds. The van der Waals surface area contributed by atoms with Crippen LogP contribution in [0.25, 0.3) is 0 Å². The van der Waals surface area contributed by atoms with Crippen molar-refractivity contribution in [1.29, 1.82) is 0 Å². The van der Waals surface area contributed by atoms with Gasteiger partial charge in [0.25, 0.3) is 0 Å². The second kappa shape index (κ2) is 7.70. The van der Waals surface area contributed by atoms with Crippen LogP contribution in [0.2, 0.25) is 0 Å². The number of thioether (sulfide) groups is 1. The van der Waals surface area contributed by atoms with Gasteiger partial charge in [0.1, 0.15) is 0 Å². The lowest BCUT2D eigenvalue weighted by molar-refractivity contribution is 0.512. The zero-order chi connectivity index (χ0) is 13.7. The van der Waals surface area contributed by atoms with Crippen LogP contribution in [0, 0.1) is 0 Å². The van der Waals surface area contributed by atoms with Gasteiger partial charge in [-0.25, -0.2) is 0 Å². The number of halogens is 1. The zero-order valence-corrected chi connectivity index (χ0v) is 14.1. The molecular weight excluding hydrogens is 318 g/mol. The summed E-state index contributed by atoms with van der Waals surface area (Å²) in [5, 5.41) is 1.25. The topological polar surface area (TPSA) is 26.0 Å². The van der Waals surface area contributed by atoms with Crippen LogP contribution in [-0.2, 0) is 0 Å². The fourth-order valence-corrected chi connectivity index (χ4v) is 4.69. The molecule has 0 aliphatic heterocycles. The molecule has 0 spiro atoms. The molecule has 0 saturated heterocycles. The van der Waals surface area contributed by atoms with Crippen LogP contribution >= 0.6 is 27.7 Å². The van der Waals surface area contributed by atoms with E-state index in [1.807, 2.05) is 0 Å². The lowest BCUT2D eigenvalue weighted by Gasteiger charge is -2.29. The van der Waals surface area contributed by atoms with Gasteiger partial charge in [0.05, 0.1) is 0 Å². The first-order valence-corrected chi connectivity index (χ1v) is 9.10. The normalized spacial score (nSPS) is 20.2. The highest BCUT2D eigenvalue weighted by atomic mass is 79.9. The third kappa shape index (κ3) is 4.51. The fraction of sp³-hybridized carbons (Fsp3) is 0.625. The van der Waals surface area contributed by atoms with Gasteiger partial charge in [0.15, 0.2) is 0 Å². The van der Waals surface area contributed by atoms with Crippen molar-refractivity contribution in [3.05, 3.63) is 34.3 Å². The number of nitrogens with two attached hydrogens (primary N) is 1. The lowest BCUT2D eigenvalue weighted by atomic mass is 10.0. The first-order chi connectivity index (χ1) is 9.20. The summed E-state index contributed by atoms with van der Waals surface area (Å²) in [6, 6.07) is 8.96. The van der Waals surface area contributed by atoms with Crippen LogP contribution in [0.15, 0.2) is 28.7 Å². The molecule has 2 unspecified atom stereocenters. The van der Waals surface area contributed by atoms with E-state index in [2.05, 4.69) is 58.9 Å². The van der Waals surface area contributed by atoms with Crippen molar-refractivity contribution in [2.75, 3.05) is 0 Å². The van der Waals surface area contributed by atoms with Crippen molar-refractivity contribution in [2.24, 2.45) is 5.73 Å². The Morgan fingerprint density at radius 1 is 1.21 bits per heavy atom. The summed E-state index contributed by atoms with van der Waals surface area (Å²) in [6.07, 6.45) is 7.99. The molecule has 2 atom stereocenters. The van der Waals surface area contributed by atoms with Crippen LogP contribution < -0.4 is 5.73 Å². The molecule has 2 rings (SSSR count). The maximum atomic E-state index is 6.37. The molecule has 2 N–H and O–H groups in total. The SMILES string of the molecule is CCC(N)C(SC1CCCCC1)c1ccc(Br)cc1. The summed E-state index contributed by atoms with van der Waals surface area (Å²) < 4.78 is 1.14. The molecule has 1 aliphatic carbocycles. The molecule has 0 heterocycles. The molecule has 0 radical (unpaired) electrons. The molecule has 1 aliphatic rings. The molecule has 19 heavy (non-hydrogen) atoms. The molecule has 1 saturated carbocycles. The minimum Gasteiger partial charge on any atom is -0.326 e. The summed E-state index contributed by atoms with van der Waals surface area (Å²) in [7, 11) is 0. The second-order valence-electron chi connectivity index (χ2n) is 5.44. The number of benzene rings is 1. The quantitative estimate of drug-likeness (QED) is 0.786. The molecule has 1 nitrogen and oxygen atoms in total. The van der Waals surface area contributed by atoms with E-state index in [0.29, 0.717) is 5.25 Å². The molecular formula is C16H24BrNS. The van der Waals surface area contributed by atoms with Gasteiger partial charge in [-0.15, -0.1) is 11.8 Å². The van der Waals surface area contributed by atoms with Crippen LogP contribution in [0.5, 0.6) is 0 Å². The summed E-state index contributed by atoms with van der Waals surface area (Å²) in [4.78, 5) is 0. The first kappa shape index (κ1) is 15.4. The van der Waals surface area contributed by atoms with Crippen LogP contribution in [0.1, 0.15) is 56.3 Å². The Bertz CT molecular complexity index is 373. The van der Waals surface area contributed by atoms with Gasteiger partial charge < -0.3 is 5.73 Å². The summed E-state index contributed by atoms with van der Waals surface area (Å²) >= 11 is 5.63. The van der Waals surface area contributed by atoms with Crippen LogP contribution in [0.4, 0.5) is 0 Å². The summed E-state index contributed by atoms with van der Waals surface area (Å²) in [5.74, 6) is 0. The Kier molecular flexibility index (Phi) is 6.24. The van der Waals surface area contributed by atoms with Crippen molar-refractivity contribution in [2.45, 2.75) is 62.0 Å². The molecule has 106 valence electrons. The molecule has 1 aromatic carbocycles. The van der Waals surface area contributed by atoms with E-state index in [1.165, 1.54) is 37.7 Å². The number of hydrogen-bond donors (Lipinski definition) is 1. The van der Waals surface area contributed by atoms with E-state index in [1.54, 1.807) is 0 Å². The average molecular weight is 342 g/mol. The number of hydrogen-bond acceptors (Lipinski definition) is 2. The minimum atomic E-state index is 0.258. The van der Waals surface area contributed by atoms with Crippen molar-refractivity contribution in [1.82, 2.24) is 0 Å². The van der Waals surface area contributed by atoms with Gasteiger partial charge in [-0.05, 0) is 37.0 Å². The van der Waals surface area contributed by atoms with Gasteiger partial charge in [-0.3, -0.25) is 0 Å². The Morgan fingerprint density at radius 3 is 2.42 bits per heavy atom. The van der Waals surface area contributed by atoms with Gasteiger partial charge in [0.2, 0.25) is 0 Å². The van der Waals surface area contributed by atoms with Crippen LogP contribution in [-0.4, -0.2) is 11.3 Å². The summed E-state index contributed by atoms with van der Waals surface area (Å²) in [5.41, 5.74) is 7.75. The minimum absolute atomic E-state index is 0.258. The standard InChI is InChI=1S/C16H24BrNS/c1-2-15(18)16(12-8-10-13(17)11-9-12)19-14-6-4-3-5-7-14/h8-11,14-16H,2-7,18H2,1H3. The van der Waals surface area contributed by atoms with Gasteiger partial charge >= 0.3 is 0 Å². The predicted octanol–water partition coefficient (Wildman–Crippen LogP) is 5.29. The highest BCUT2D eigenvalue weighted by molar-refractivity contribution is 9.10. The van der Waals surface area contributed by atoms with Gasteiger partial charge in [-0.2, -0.15) is 0 Å². The van der Waals surface area contributed by atoms with Crippen molar-refractivity contribution in [3.8, 4) is 0 Å². The van der Waals surface area contributed by atoms with Crippen molar-refractivity contribution >= 4 is 27.7 Å². The maximum Gasteiger partial charge on any atom is 0.0451 e. The van der Waals surface area contributed by atoms with E-state index in [-0.39, 0.29) is 6.04 Å². The average Bonchev–Trinajstić information content (AvgIpc) is 2.46. The summed E-state index contributed by atoms with van der Waals surface area (Å²) in [6.45, 7) is 2.19. The first-order valence-electron chi connectivity index (χ1n) is 7.37. The third-order valence-electron chi connectivity index (χ3n) is 3.95. The molecule has 0 bridgehead atoms.